The van der Waals surface area contributed by atoms with Crippen molar-refractivity contribution in [1.29, 1.82) is 0 Å². The van der Waals surface area contributed by atoms with Gasteiger partial charge in [0.25, 0.3) is 0 Å². The lowest BCUT2D eigenvalue weighted by molar-refractivity contribution is 0.111. The molecule has 0 saturated heterocycles. The summed E-state index contributed by atoms with van der Waals surface area (Å²) in [4.78, 5) is 24.3. The van der Waals surface area contributed by atoms with E-state index in [1.165, 1.54) is 0 Å². The van der Waals surface area contributed by atoms with Gasteiger partial charge in [-0.3, -0.25) is 14.5 Å². The van der Waals surface area contributed by atoms with Crippen LogP contribution in [0.3, 0.4) is 0 Å². The molecule has 0 amide bonds. The standard InChI is InChI=1S/C21H25NO6/c1-22(8-10-27-20-12-18(25-2)6-4-16(20)14-23)9-11-28-21-13-19(26-3)7-5-17(21)15-24/h4-7,12-15H,8-11H2,1-3H3. The molecule has 0 spiro atoms. The highest BCUT2D eigenvalue weighted by molar-refractivity contribution is 5.80. The van der Waals surface area contributed by atoms with Crippen LogP contribution in [0.2, 0.25) is 0 Å². The summed E-state index contributed by atoms with van der Waals surface area (Å²) in [5, 5.41) is 0. The van der Waals surface area contributed by atoms with Crippen LogP contribution in [0.5, 0.6) is 23.0 Å². The summed E-state index contributed by atoms with van der Waals surface area (Å²) < 4.78 is 21.7. The Morgan fingerprint density at radius 2 is 1.21 bits per heavy atom. The van der Waals surface area contributed by atoms with Gasteiger partial charge in [-0.25, -0.2) is 0 Å². The molecule has 0 N–H and O–H groups in total. The SMILES string of the molecule is COc1ccc(C=O)c(OCCN(C)CCOc2cc(OC)ccc2C=O)c1. The number of benzene rings is 2. The van der Waals surface area contributed by atoms with Crippen molar-refractivity contribution < 1.29 is 28.5 Å². The molecule has 0 radical (unpaired) electrons. The van der Waals surface area contributed by atoms with Crippen molar-refractivity contribution in [2.24, 2.45) is 0 Å². The van der Waals surface area contributed by atoms with Crippen LogP contribution in [0.15, 0.2) is 36.4 Å². The van der Waals surface area contributed by atoms with E-state index in [0.29, 0.717) is 60.4 Å². The summed E-state index contributed by atoms with van der Waals surface area (Å²) in [6.07, 6.45) is 1.51. The van der Waals surface area contributed by atoms with Crippen molar-refractivity contribution in [2.45, 2.75) is 0 Å². The van der Waals surface area contributed by atoms with Crippen molar-refractivity contribution in [2.75, 3.05) is 47.6 Å². The van der Waals surface area contributed by atoms with Gasteiger partial charge in [-0.15, -0.1) is 0 Å². The Labute approximate surface area is 164 Å². The van der Waals surface area contributed by atoms with E-state index in [9.17, 15) is 9.59 Å². The lowest BCUT2D eigenvalue weighted by Crippen LogP contribution is -2.28. The van der Waals surface area contributed by atoms with Crippen LogP contribution in [0.25, 0.3) is 0 Å². The normalized spacial score (nSPS) is 10.4. The first-order chi connectivity index (χ1) is 13.6. The number of likely N-dealkylation sites (N-methyl/N-ethyl adjacent to an activating group) is 1. The van der Waals surface area contributed by atoms with Crippen LogP contribution in [0.1, 0.15) is 20.7 Å². The topological polar surface area (TPSA) is 74.3 Å². The van der Waals surface area contributed by atoms with Crippen molar-refractivity contribution >= 4 is 12.6 Å². The third kappa shape index (κ3) is 5.99. The van der Waals surface area contributed by atoms with Gasteiger partial charge in [-0.1, -0.05) is 0 Å². The molecule has 0 aliphatic carbocycles. The molecule has 0 aliphatic heterocycles. The average molecular weight is 387 g/mol. The number of hydrogen-bond acceptors (Lipinski definition) is 7. The lowest BCUT2D eigenvalue weighted by atomic mass is 10.2. The fraction of sp³-hybridized carbons (Fsp3) is 0.333. The van der Waals surface area contributed by atoms with Crippen molar-refractivity contribution in [3.63, 3.8) is 0 Å². The predicted octanol–water partition coefficient (Wildman–Crippen LogP) is 2.72. The minimum absolute atomic E-state index is 0.406. The summed E-state index contributed by atoms with van der Waals surface area (Å²) in [6.45, 7) is 2.08. The summed E-state index contributed by atoms with van der Waals surface area (Å²) in [6, 6.07) is 10.1. The van der Waals surface area contributed by atoms with Crippen LogP contribution in [0, 0.1) is 0 Å². The highest BCUT2D eigenvalue weighted by Gasteiger charge is 2.08. The number of hydrogen-bond donors (Lipinski definition) is 0. The highest BCUT2D eigenvalue weighted by atomic mass is 16.5. The third-order valence-electron chi connectivity index (χ3n) is 4.16. The molecule has 150 valence electrons. The molecule has 0 aromatic heterocycles. The van der Waals surface area contributed by atoms with Crippen LogP contribution >= 0.6 is 0 Å². The summed E-state index contributed by atoms with van der Waals surface area (Å²) in [7, 11) is 5.06. The lowest BCUT2D eigenvalue weighted by Gasteiger charge is -2.18. The van der Waals surface area contributed by atoms with E-state index in [-0.39, 0.29) is 0 Å². The number of nitrogens with zero attached hydrogens (tertiary/aromatic N) is 1. The molecular weight excluding hydrogens is 362 g/mol. The maximum Gasteiger partial charge on any atom is 0.153 e. The first-order valence-corrected chi connectivity index (χ1v) is 8.81. The Hall–Kier alpha value is -3.06. The van der Waals surface area contributed by atoms with Crippen molar-refractivity contribution in [3.8, 4) is 23.0 Å². The van der Waals surface area contributed by atoms with E-state index in [1.807, 2.05) is 11.9 Å². The minimum Gasteiger partial charge on any atom is -0.497 e. The van der Waals surface area contributed by atoms with Crippen LogP contribution in [-0.2, 0) is 0 Å². The van der Waals surface area contributed by atoms with Gasteiger partial charge in [-0.05, 0) is 31.3 Å². The van der Waals surface area contributed by atoms with Gasteiger partial charge >= 0.3 is 0 Å². The van der Waals surface area contributed by atoms with Gasteiger partial charge in [0.1, 0.15) is 36.2 Å². The molecule has 7 heteroatoms. The molecule has 0 fully saturated rings. The number of carbonyl (C=O) groups is 2. The Morgan fingerprint density at radius 1 is 0.786 bits per heavy atom. The fourth-order valence-corrected chi connectivity index (χ4v) is 2.46. The second kappa shape index (κ2) is 10.9. The fourth-order valence-electron chi connectivity index (χ4n) is 2.46. The van der Waals surface area contributed by atoms with E-state index >= 15 is 0 Å². The molecule has 2 aromatic rings. The van der Waals surface area contributed by atoms with Crippen LogP contribution in [-0.4, -0.2) is 65.0 Å². The second-order valence-corrected chi connectivity index (χ2v) is 6.04. The Bertz CT molecular complexity index is 727. The Morgan fingerprint density at radius 3 is 1.57 bits per heavy atom. The number of ether oxygens (including phenoxy) is 4. The summed E-state index contributed by atoms with van der Waals surface area (Å²) >= 11 is 0. The molecule has 7 nitrogen and oxygen atoms in total. The van der Waals surface area contributed by atoms with Crippen LogP contribution < -0.4 is 18.9 Å². The van der Waals surface area contributed by atoms with Crippen molar-refractivity contribution in [1.82, 2.24) is 4.90 Å². The van der Waals surface area contributed by atoms with E-state index in [1.54, 1.807) is 50.6 Å². The maximum absolute atomic E-state index is 11.1. The first-order valence-electron chi connectivity index (χ1n) is 8.81. The molecule has 2 aromatic carbocycles. The second-order valence-electron chi connectivity index (χ2n) is 6.04. The zero-order chi connectivity index (χ0) is 20.4. The molecule has 0 atom stereocenters. The largest absolute Gasteiger partial charge is 0.497 e. The molecule has 0 saturated carbocycles. The number of rotatable bonds is 12. The zero-order valence-corrected chi connectivity index (χ0v) is 16.3. The van der Waals surface area contributed by atoms with Gasteiger partial charge in [0.2, 0.25) is 0 Å². The van der Waals surface area contributed by atoms with Gasteiger partial charge in [0.15, 0.2) is 12.6 Å². The third-order valence-corrected chi connectivity index (χ3v) is 4.16. The molecule has 0 unspecified atom stereocenters. The highest BCUT2D eigenvalue weighted by Crippen LogP contribution is 2.24. The Kier molecular flexibility index (Phi) is 8.30. The monoisotopic (exact) mass is 387 g/mol. The molecule has 0 heterocycles. The van der Waals surface area contributed by atoms with Gasteiger partial charge in [0.05, 0.1) is 25.3 Å². The van der Waals surface area contributed by atoms with Gasteiger partial charge in [0, 0.05) is 25.2 Å². The van der Waals surface area contributed by atoms with E-state index in [0.717, 1.165) is 12.6 Å². The number of carbonyl (C=O) groups excluding carboxylic acids is 2. The van der Waals surface area contributed by atoms with E-state index in [4.69, 9.17) is 18.9 Å². The van der Waals surface area contributed by atoms with Crippen LogP contribution in [0.4, 0.5) is 0 Å². The molecule has 0 aliphatic rings. The average Bonchev–Trinajstić information content (AvgIpc) is 2.73. The molecular formula is C21H25NO6. The Balaban J connectivity index is 1.80. The summed E-state index contributed by atoms with van der Waals surface area (Å²) in [5.74, 6) is 2.25. The molecule has 28 heavy (non-hydrogen) atoms. The quantitative estimate of drug-likeness (QED) is 0.519. The van der Waals surface area contributed by atoms with Gasteiger partial charge in [-0.2, -0.15) is 0 Å². The molecule has 2 rings (SSSR count). The number of methoxy groups -OCH3 is 2. The molecule has 0 bridgehead atoms. The maximum atomic E-state index is 11.1. The number of aldehydes is 2. The van der Waals surface area contributed by atoms with E-state index < -0.39 is 0 Å². The van der Waals surface area contributed by atoms with Crippen molar-refractivity contribution in [3.05, 3.63) is 47.5 Å². The smallest absolute Gasteiger partial charge is 0.153 e. The summed E-state index contributed by atoms with van der Waals surface area (Å²) in [5.41, 5.74) is 0.956. The van der Waals surface area contributed by atoms with Gasteiger partial charge < -0.3 is 18.9 Å². The minimum atomic E-state index is 0.406. The predicted molar refractivity (Wildman–Crippen MR) is 105 cm³/mol. The first kappa shape index (κ1) is 21.2. The zero-order valence-electron chi connectivity index (χ0n) is 16.3. The van der Waals surface area contributed by atoms with E-state index in [2.05, 4.69) is 0 Å².